The van der Waals surface area contributed by atoms with Crippen molar-refractivity contribution in [3.63, 3.8) is 0 Å². The molecule has 0 aromatic rings. The van der Waals surface area contributed by atoms with Crippen molar-refractivity contribution in [3.05, 3.63) is 0 Å². The van der Waals surface area contributed by atoms with E-state index in [1.807, 2.05) is 0 Å². The summed E-state index contributed by atoms with van der Waals surface area (Å²) in [6, 6.07) is 0. The molecule has 0 rings (SSSR count). The monoisotopic (exact) mass is 269 g/mol. The Bertz CT molecular complexity index is 263. The number of nitrogens with two attached hydrogens (primary N) is 1. The van der Waals surface area contributed by atoms with Gasteiger partial charge in [0.05, 0.1) is 6.10 Å². The smallest absolute Gasteiger partial charge is 0.189 e. The Morgan fingerprint density at radius 1 is 0.889 bits per heavy atom. The molecule has 0 amide bonds. The van der Waals surface area contributed by atoms with E-state index < -0.39 is 55.6 Å². The molecule has 108 valence electrons. The Hall–Kier alpha value is -0.650. The minimum Gasteiger partial charge on any atom is -0.389 e. The number of hydrogen-bond acceptors (Lipinski definition) is 9. The van der Waals surface area contributed by atoms with Gasteiger partial charge in [-0.1, -0.05) is 0 Å². The van der Waals surface area contributed by atoms with Gasteiger partial charge in [-0.25, -0.2) is 0 Å². The van der Waals surface area contributed by atoms with Gasteiger partial charge in [-0.15, -0.1) is 0 Å². The van der Waals surface area contributed by atoms with Crippen LogP contribution in [-0.4, -0.2) is 91.3 Å². The molecule has 9 heteroatoms. The molecule has 0 fully saturated rings. The summed E-state index contributed by atoms with van der Waals surface area (Å²) in [4.78, 5) is 10.9. The molecule has 0 aliphatic carbocycles. The average molecular weight is 269 g/mol. The normalized spacial score (nSPS) is 21.8. The van der Waals surface area contributed by atoms with Crippen molar-refractivity contribution in [1.29, 1.82) is 0 Å². The van der Waals surface area contributed by atoms with Crippen LogP contribution in [0.1, 0.15) is 0 Å². The van der Waals surface area contributed by atoms with Crippen molar-refractivity contribution in [3.8, 4) is 0 Å². The molecule has 0 aliphatic heterocycles. The van der Waals surface area contributed by atoms with Crippen LogP contribution in [0.25, 0.3) is 0 Å². The molecular formula is C9H19NO8. The molecule has 0 spiro atoms. The first kappa shape index (κ1) is 17.4. The van der Waals surface area contributed by atoms with Crippen LogP contribution >= 0.6 is 0 Å². The van der Waals surface area contributed by atoms with Crippen LogP contribution in [0.15, 0.2) is 0 Å². The second kappa shape index (κ2) is 7.71. The quantitative estimate of drug-likeness (QED) is 0.213. The number of rotatable bonds is 8. The van der Waals surface area contributed by atoms with Gasteiger partial charge >= 0.3 is 0 Å². The van der Waals surface area contributed by atoms with Gasteiger partial charge in [0.1, 0.15) is 37.1 Å². The fourth-order valence-corrected chi connectivity index (χ4v) is 1.24. The molecular weight excluding hydrogens is 250 g/mol. The van der Waals surface area contributed by atoms with Crippen LogP contribution < -0.4 is 5.73 Å². The lowest BCUT2D eigenvalue weighted by Gasteiger charge is -2.30. The van der Waals surface area contributed by atoms with E-state index in [0.29, 0.717) is 0 Å². The van der Waals surface area contributed by atoms with Gasteiger partial charge in [-0.2, -0.15) is 0 Å². The summed E-state index contributed by atoms with van der Waals surface area (Å²) < 4.78 is 0. The summed E-state index contributed by atoms with van der Waals surface area (Å²) in [7, 11) is 0. The number of hydrogen-bond donors (Lipinski definition) is 8. The zero-order valence-electron chi connectivity index (χ0n) is 9.49. The maximum Gasteiger partial charge on any atom is 0.189 e. The molecule has 6 atom stereocenters. The van der Waals surface area contributed by atoms with E-state index in [0.717, 1.165) is 0 Å². The molecule has 9 N–H and O–H groups in total. The van der Waals surface area contributed by atoms with Crippen molar-refractivity contribution in [2.75, 3.05) is 13.2 Å². The van der Waals surface area contributed by atoms with Crippen LogP contribution in [-0.2, 0) is 4.79 Å². The van der Waals surface area contributed by atoms with Gasteiger partial charge in [0.15, 0.2) is 5.78 Å². The van der Waals surface area contributed by atoms with Gasteiger partial charge in [0.2, 0.25) is 0 Å². The second-order valence-corrected chi connectivity index (χ2v) is 3.83. The summed E-state index contributed by atoms with van der Waals surface area (Å²) in [5, 5.41) is 64.2. The SMILES string of the molecule is NC[C@@H](O)[C@@H](O)[C@@H](O)[C@@H](O)[C@H](O)[C@@H](O)C(=O)CO. The predicted molar refractivity (Wildman–Crippen MR) is 57.2 cm³/mol. The maximum atomic E-state index is 10.9. The van der Waals surface area contributed by atoms with Crippen LogP contribution in [0.3, 0.4) is 0 Å². The van der Waals surface area contributed by atoms with E-state index in [2.05, 4.69) is 0 Å². The van der Waals surface area contributed by atoms with Crippen LogP contribution in [0.5, 0.6) is 0 Å². The van der Waals surface area contributed by atoms with E-state index in [1.165, 1.54) is 0 Å². The lowest BCUT2D eigenvalue weighted by molar-refractivity contribution is -0.162. The van der Waals surface area contributed by atoms with Gasteiger partial charge in [-0.3, -0.25) is 4.79 Å². The van der Waals surface area contributed by atoms with Gasteiger partial charge in [0.25, 0.3) is 0 Å². The van der Waals surface area contributed by atoms with E-state index in [4.69, 9.17) is 15.9 Å². The highest BCUT2D eigenvalue weighted by molar-refractivity contribution is 5.84. The van der Waals surface area contributed by atoms with Crippen molar-refractivity contribution in [2.24, 2.45) is 5.73 Å². The third-order valence-corrected chi connectivity index (χ3v) is 2.49. The van der Waals surface area contributed by atoms with E-state index in [-0.39, 0.29) is 0 Å². The molecule has 0 aromatic carbocycles. The zero-order valence-corrected chi connectivity index (χ0v) is 9.49. The molecule has 0 heterocycles. The minimum atomic E-state index is -2.13. The lowest BCUT2D eigenvalue weighted by atomic mass is 9.95. The Morgan fingerprint density at radius 2 is 1.33 bits per heavy atom. The first-order chi connectivity index (χ1) is 8.27. The molecule has 9 nitrogen and oxygen atoms in total. The van der Waals surface area contributed by atoms with Crippen molar-refractivity contribution < 1.29 is 40.5 Å². The van der Waals surface area contributed by atoms with Gasteiger partial charge < -0.3 is 41.5 Å². The Kier molecular flexibility index (Phi) is 7.43. The summed E-state index contributed by atoms with van der Waals surface area (Å²) in [6.45, 7) is -1.46. The molecule has 0 unspecified atom stereocenters. The molecule has 0 bridgehead atoms. The number of aliphatic hydroxyl groups is 7. The largest absolute Gasteiger partial charge is 0.389 e. The molecule has 0 saturated carbocycles. The highest BCUT2D eigenvalue weighted by atomic mass is 16.4. The van der Waals surface area contributed by atoms with Crippen molar-refractivity contribution in [1.82, 2.24) is 0 Å². The zero-order chi connectivity index (χ0) is 14.5. The van der Waals surface area contributed by atoms with Gasteiger partial charge in [-0.05, 0) is 0 Å². The maximum absolute atomic E-state index is 10.9. The third-order valence-electron chi connectivity index (χ3n) is 2.49. The summed E-state index contributed by atoms with van der Waals surface area (Å²) in [6.07, 6.45) is -11.8. The highest BCUT2D eigenvalue weighted by Gasteiger charge is 2.38. The molecule has 0 radical (unpaired) electrons. The predicted octanol–water partition coefficient (Wildman–Crippen LogP) is -5.33. The fraction of sp³-hybridized carbons (Fsp3) is 0.889. The first-order valence-electron chi connectivity index (χ1n) is 5.19. The summed E-state index contributed by atoms with van der Waals surface area (Å²) in [5.41, 5.74) is 5.01. The molecule has 0 aliphatic rings. The van der Waals surface area contributed by atoms with Gasteiger partial charge in [0, 0.05) is 6.54 Å². The average Bonchev–Trinajstić information content (AvgIpc) is 2.40. The van der Waals surface area contributed by atoms with Crippen LogP contribution in [0.4, 0.5) is 0 Å². The lowest BCUT2D eigenvalue weighted by Crippen LogP contribution is -2.54. The Morgan fingerprint density at radius 3 is 1.72 bits per heavy atom. The topological polar surface area (TPSA) is 185 Å². The van der Waals surface area contributed by atoms with Crippen molar-refractivity contribution in [2.45, 2.75) is 36.6 Å². The van der Waals surface area contributed by atoms with Crippen LogP contribution in [0.2, 0.25) is 0 Å². The number of aliphatic hydroxyl groups excluding tert-OH is 7. The number of ketones is 1. The first-order valence-corrected chi connectivity index (χ1v) is 5.19. The number of Topliss-reactive ketones (excluding diaryl/α,β-unsaturated/α-hetero) is 1. The fourth-order valence-electron chi connectivity index (χ4n) is 1.24. The molecule has 18 heavy (non-hydrogen) atoms. The van der Waals surface area contributed by atoms with E-state index >= 15 is 0 Å². The summed E-state index contributed by atoms with van der Waals surface area (Å²) >= 11 is 0. The van der Waals surface area contributed by atoms with E-state index in [1.54, 1.807) is 0 Å². The molecule has 0 saturated heterocycles. The van der Waals surface area contributed by atoms with Crippen molar-refractivity contribution >= 4 is 5.78 Å². The Labute approximate surface area is 103 Å². The van der Waals surface area contributed by atoms with Crippen LogP contribution in [0, 0.1) is 0 Å². The number of carbonyl (C=O) groups excluding carboxylic acids is 1. The second-order valence-electron chi connectivity index (χ2n) is 3.83. The highest BCUT2D eigenvalue weighted by Crippen LogP contribution is 2.11. The third kappa shape index (κ3) is 4.23. The Balaban J connectivity index is 4.62. The van der Waals surface area contributed by atoms with E-state index in [9.17, 15) is 30.3 Å². The number of carbonyl (C=O) groups is 1. The molecule has 0 aromatic heterocycles. The summed E-state index contributed by atoms with van der Waals surface area (Å²) in [5.74, 6) is -1.16. The minimum absolute atomic E-state index is 0.404. The standard InChI is InChI=1S/C9H19NO8/c10-1-3(12)5(14)7(16)9(18)8(17)6(15)4(13)2-11/h3,5-9,11-12,14-18H,1-2,10H2/t3-,5-,6+,7-,8-,9-/m1/s1.